The van der Waals surface area contributed by atoms with Crippen LogP contribution in [-0.2, 0) is 14.3 Å². The molecule has 0 saturated heterocycles. The molecule has 0 aromatic heterocycles. The van der Waals surface area contributed by atoms with E-state index >= 15 is 0 Å². The molecule has 5 nitrogen and oxygen atoms in total. The Labute approximate surface area is 84.0 Å². The molecule has 0 aliphatic carbocycles. The molecular weight excluding hydrogens is 184 g/mol. The zero-order valence-corrected chi connectivity index (χ0v) is 9.03. The van der Waals surface area contributed by atoms with Gasteiger partial charge in [-0.1, -0.05) is 13.8 Å². The molecule has 1 unspecified atom stereocenters. The molecule has 82 valence electrons. The van der Waals surface area contributed by atoms with Gasteiger partial charge >= 0.3 is 5.97 Å². The van der Waals surface area contributed by atoms with E-state index < -0.39 is 18.1 Å². The van der Waals surface area contributed by atoms with Gasteiger partial charge in [0.25, 0.3) is 0 Å². The summed E-state index contributed by atoms with van der Waals surface area (Å²) in [4.78, 5) is 22.5. The Morgan fingerprint density at radius 1 is 1.29 bits per heavy atom. The Morgan fingerprint density at radius 2 is 1.79 bits per heavy atom. The maximum absolute atomic E-state index is 11.2. The number of methoxy groups -OCH3 is 1. The van der Waals surface area contributed by atoms with E-state index in [0.717, 1.165) is 0 Å². The number of amides is 1. The molecule has 0 aromatic rings. The number of carbonyl (C=O) groups is 2. The van der Waals surface area contributed by atoms with Crippen molar-refractivity contribution in [2.45, 2.75) is 32.9 Å². The van der Waals surface area contributed by atoms with E-state index in [1.807, 2.05) is 13.8 Å². The summed E-state index contributed by atoms with van der Waals surface area (Å²) in [6, 6.07) is -1.25. The topological polar surface area (TPSA) is 81.4 Å². The summed E-state index contributed by atoms with van der Waals surface area (Å²) < 4.78 is 4.56. The van der Waals surface area contributed by atoms with Gasteiger partial charge in [0.05, 0.1) is 13.2 Å². The summed E-state index contributed by atoms with van der Waals surface area (Å²) in [5, 5.41) is 2.53. The Morgan fingerprint density at radius 3 is 2.07 bits per heavy atom. The van der Waals surface area contributed by atoms with Crippen LogP contribution in [0.3, 0.4) is 0 Å². The van der Waals surface area contributed by atoms with Crippen molar-refractivity contribution in [2.24, 2.45) is 11.7 Å². The Balaban J connectivity index is 4.38. The van der Waals surface area contributed by atoms with Crippen molar-refractivity contribution >= 4 is 11.9 Å². The van der Waals surface area contributed by atoms with Gasteiger partial charge in [-0.05, 0) is 12.8 Å². The molecule has 0 rings (SSSR count). The third kappa shape index (κ3) is 3.74. The van der Waals surface area contributed by atoms with Crippen molar-refractivity contribution in [3.63, 3.8) is 0 Å². The summed E-state index contributed by atoms with van der Waals surface area (Å²) in [6.07, 6.45) is 0. The summed E-state index contributed by atoms with van der Waals surface area (Å²) in [7, 11) is 1.29. The monoisotopic (exact) mass is 202 g/mol. The van der Waals surface area contributed by atoms with Crippen LogP contribution >= 0.6 is 0 Å². The summed E-state index contributed by atoms with van der Waals surface area (Å²) in [5.41, 5.74) is 5.36. The van der Waals surface area contributed by atoms with Gasteiger partial charge < -0.3 is 15.8 Å². The van der Waals surface area contributed by atoms with Crippen molar-refractivity contribution in [1.82, 2.24) is 5.32 Å². The number of ether oxygens (including phenoxy) is 1. The second kappa shape index (κ2) is 5.59. The minimum absolute atomic E-state index is 0.0230. The van der Waals surface area contributed by atoms with Crippen molar-refractivity contribution < 1.29 is 14.3 Å². The first-order valence-electron chi connectivity index (χ1n) is 4.54. The molecule has 0 aliphatic rings. The van der Waals surface area contributed by atoms with Crippen LogP contribution in [-0.4, -0.2) is 31.1 Å². The predicted octanol–water partition coefficient (Wildman–Crippen LogP) is -0.353. The quantitative estimate of drug-likeness (QED) is 0.610. The highest BCUT2D eigenvalue weighted by Gasteiger charge is 2.25. The van der Waals surface area contributed by atoms with Gasteiger partial charge in [0.1, 0.15) is 6.04 Å². The second-order valence-corrected chi connectivity index (χ2v) is 3.54. The molecule has 3 N–H and O–H groups in total. The highest BCUT2D eigenvalue weighted by Crippen LogP contribution is 2.03. The van der Waals surface area contributed by atoms with Gasteiger partial charge in [-0.15, -0.1) is 0 Å². The van der Waals surface area contributed by atoms with Crippen LogP contribution in [0.15, 0.2) is 0 Å². The van der Waals surface area contributed by atoms with Crippen LogP contribution < -0.4 is 11.1 Å². The van der Waals surface area contributed by atoms with Crippen LogP contribution in [0.1, 0.15) is 20.8 Å². The molecule has 0 spiro atoms. The maximum Gasteiger partial charge on any atom is 0.328 e. The molecule has 14 heavy (non-hydrogen) atoms. The largest absolute Gasteiger partial charge is 0.467 e. The minimum atomic E-state index is -0.626. The lowest BCUT2D eigenvalue weighted by molar-refractivity contribution is -0.146. The number of nitrogens with two attached hydrogens (primary N) is 1. The molecule has 5 heteroatoms. The predicted molar refractivity (Wildman–Crippen MR) is 52.4 cm³/mol. The zero-order valence-electron chi connectivity index (χ0n) is 9.03. The van der Waals surface area contributed by atoms with Gasteiger partial charge in [0.2, 0.25) is 5.91 Å². The lowest BCUT2D eigenvalue weighted by Gasteiger charge is -2.20. The fraction of sp³-hybridized carbons (Fsp3) is 0.778. The molecule has 0 radical (unpaired) electrons. The van der Waals surface area contributed by atoms with Crippen molar-refractivity contribution in [3.05, 3.63) is 0 Å². The third-order valence-corrected chi connectivity index (χ3v) is 1.83. The third-order valence-electron chi connectivity index (χ3n) is 1.83. The number of carbonyl (C=O) groups excluding carboxylic acids is 2. The average molecular weight is 202 g/mol. The van der Waals surface area contributed by atoms with Crippen LogP contribution in [0.4, 0.5) is 0 Å². The van der Waals surface area contributed by atoms with Gasteiger partial charge in [-0.2, -0.15) is 0 Å². The molecule has 0 aliphatic heterocycles. The van der Waals surface area contributed by atoms with Crippen LogP contribution in [0, 0.1) is 5.92 Å². The van der Waals surface area contributed by atoms with Crippen molar-refractivity contribution in [2.75, 3.05) is 7.11 Å². The van der Waals surface area contributed by atoms with E-state index in [0.29, 0.717) is 0 Å². The second-order valence-electron chi connectivity index (χ2n) is 3.54. The summed E-state index contributed by atoms with van der Waals surface area (Å²) >= 11 is 0. The Kier molecular flexibility index (Phi) is 5.15. The number of nitrogens with one attached hydrogen (secondary N) is 1. The molecule has 0 aromatic carbocycles. The van der Waals surface area contributed by atoms with Crippen LogP contribution in [0.5, 0.6) is 0 Å². The number of esters is 1. The van der Waals surface area contributed by atoms with Gasteiger partial charge in [0.15, 0.2) is 0 Å². The fourth-order valence-electron chi connectivity index (χ4n) is 0.909. The van der Waals surface area contributed by atoms with Crippen LogP contribution in [0.25, 0.3) is 0 Å². The van der Waals surface area contributed by atoms with E-state index in [-0.39, 0.29) is 11.8 Å². The van der Waals surface area contributed by atoms with Crippen molar-refractivity contribution in [1.29, 1.82) is 0 Å². The first-order chi connectivity index (χ1) is 6.40. The maximum atomic E-state index is 11.2. The standard InChI is InChI=1S/C9H18N2O3/c1-5(2)7(9(13)14-4)11-8(12)6(3)10/h5-7H,10H2,1-4H3,(H,11,12)/t6-,7?/m1/s1. The minimum Gasteiger partial charge on any atom is -0.467 e. The molecule has 1 amide bonds. The van der Waals surface area contributed by atoms with E-state index in [2.05, 4.69) is 10.1 Å². The van der Waals surface area contributed by atoms with E-state index in [1.165, 1.54) is 7.11 Å². The van der Waals surface area contributed by atoms with E-state index in [9.17, 15) is 9.59 Å². The summed E-state index contributed by atoms with van der Waals surface area (Å²) in [6.45, 7) is 5.20. The summed E-state index contributed by atoms with van der Waals surface area (Å²) in [5.74, 6) is -0.826. The molecular formula is C9H18N2O3. The van der Waals surface area contributed by atoms with Gasteiger partial charge in [-0.3, -0.25) is 4.79 Å². The highest BCUT2D eigenvalue weighted by atomic mass is 16.5. The van der Waals surface area contributed by atoms with Crippen LogP contribution in [0.2, 0.25) is 0 Å². The first-order valence-corrected chi connectivity index (χ1v) is 4.54. The van der Waals surface area contributed by atoms with Gasteiger partial charge in [0, 0.05) is 0 Å². The molecule has 0 saturated carbocycles. The lowest BCUT2D eigenvalue weighted by atomic mass is 10.0. The number of hydrogen-bond donors (Lipinski definition) is 2. The number of rotatable bonds is 4. The normalized spacial score (nSPS) is 14.7. The lowest BCUT2D eigenvalue weighted by Crippen LogP contribution is -2.50. The fourth-order valence-corrected chi connectivity index (χ4v) is 0.909. The van der Waals surface area contributed by atoms with Crippen molar-refractivity contribution in [3.8, 4) is 0 Å². The Bertz CT molecular complexity index is 214. The molecule has 0 bridgehead atoms. The van der Waals surface area contributed by atoms with E-state index in [1.54, 1.807) is 6.92 Å². The zero-order chi connectivity index (χ0) is 11.3. The first kappa shape index (κ1) is 12.9. The highest BCUT2D eigenvalue weighted by molar-refractivity contribution is 5.87. The SMILES string of the molecule is COC(=O)C(NC(=O)[C@@H](C)N)C(C)C. The number of hydrogen-bond acceptors (Lipinski definition) is 4. The molecule has 0 fully saturated rings. The van der Waals surface area contributed by atoms with Gasteiger partial charge in [-0.25, -0.2) is 4.79 Å². The van der Waals surface area contributed by atoms with E-state index in [4.69, 9.17) is 5.73 Å². The molecule has 2 atom stereocenters. The molecule has 0 heterocycles. The average Bonchev–Trinajstić information content (AvgIpc) is 2.11. The Hall–Kier alpha value is -1.10. The smallest absolute Gasteiger partial charge is 0.328 e.